The highest BCUT2D eigenvalue weighted by atomic mass is 32.1. The van der Waals surface area contributed by atoms with Crippen LogP contribution in [-0.2, 0) is 17.8 Å². The van der Waals surface area contributed by atoms with Crippen LogP contribution in [0.25, 0.3) is 0 Å². The van der Waals surface area contributed by atoms with Crippen LogP contribution in [0.4, 0.5) is 11.4 Å². The highest BCUT2D eigenvalue weighted by Crippen LogP contribution is 2.33. The first-order chi connectivity index (χ1) is 15.6. The van der Waals surface area contributed by atoms with Crippen LogP contribution in [-0.4, -0.2) is 44.0 Å². The molecule has 0 radical (unpaired) electrons. The topological polar surface area (TPSA) is 79.9 Å². The Morgan fingerprint density at radius 2 is 1.62 bits per heavy atom. The second kappa shape index (κ2) is 9.84. The summed E-state index contributed by atoms with van der Waals surface area (Å²) in [6.07, 6.45) is 0.849. The third-order valence-electron chi connectivity index (χ3n) is 5.34. The first-order valence-corrected chi connectivity index (χ1v) is 11.1. The Balaban J connectivity index is 1.32. The van der Waals surface area contributed by atoms with Crippen LogP contribution in [0, 0.1) is 0 Å². The summed E-state index contributed by atoms with van der Waals surface area (Å²) in [6.45, 7) is 1.77. The van der Waals surface area contributed by atoms with Crippen molar-refractivity contribution in [3.63, 3.8) is 0 Å². The van der Waals surface area contributed by atoms with E-state index in [9.17, 15) is 9.59 Å². The molecule has 3 aromatic rings. The summed E-state index contributed by atoms with van der Waals surface area (Å²) >= 11 is 1.39. The molecule has 0 unspecified atom stereocenters. The maximum Gasteiger partial charge on any atom is 0.265 e. The lowest BCUT2D eigenvalue weighted by Gasteiger charge is -2.29. The maximum atomic E-state index is 12.6. The number of nitrogens with one attached hydrogen (secondary N) is 2. The minimum atomic E-state index is -0.142. The van der Waals surface area contributed by atoms with E-state index in [0.717, 1.165) is 24.3 Å². The fraction of sp³-hybridized carbons (Fsp3) is 0.250. The number of rotatable bonds is 7. The van der Waals surface area contributed by atoms with Gasteiger partial charge in [-0.05, 0) is 65.4 Å². The average Bonchev–Trinajstić information content (AvgIpc) is 3.34. The number of hydrogen-bond donors (Lipinski definition) is 2. The zero-order chi connectivity index (χ0) is 22.5. The SMILES string of the molecule is COc1cc2c(cc1OC)CN(CC(=O)Nc1ccc(NC(=O)c3cccs3)cc1)CC2. The zero-order valence-corrected chi connectivity index (χ0v) is 18.8. The van der Waals surface area contributed by atoms with E-state index >= 15 is 0 Å². The third-order valence-corrected chi connectivity index (χ3v) is 6.20. The number of hydrogen-bond acceptors (Lipinski definition) is 6. The first kappa shape index (κ1) is 21.9. The molecule has 0 fully saturated rings. The van der Waals surface area contributed by atoms with Crippen molar-refractivity contribution in [2.24, 2.45) is 0 Å². The van der Waals surface area contributed by atoms with E-state index in [4.69, 9.17) is 9.47 Å². The van der Waals surface area contributed by atoms with E-state index in [2.05, 4.69) is 15.5 Å². The monoisotopic (exact) mass is 451 g/mol. The van der Waals surface area contributed by atoms with Gasteiger partial charge >= 0.3 is 0 Å². The normalized spacial score (nSPS) is 13.2. The highest BCUT2D eigenvalue weighted by molar-refractivity contribution is 7.12. The largest absolute Gasteiger partial charge is 0.493 e. The summed E-state index contributed by atoms with van der Waals surface area (Å²) in [4.78, 5) is 27.5. The van der Waals surface area contributed by atoms with Gasteiger partial charge in [-0.25, -0.2) is 0 Å². The Labute approximate surface area is 191 Å². The number of carbonyl (C=O) groups is 2. The van der Waals surface area contributed by atoms with Gasteiger partial charge < -0.3 is 20.1 Å². The van der Waals surface area contributed by atoms with Gasteiger partial charge in [-0.1, -0.05) is 6.07 Å². The third kappa shape index (κ3) is 5.09. The number of methoxy groups -OCH3 is 2. The van der Waals surface area contributed by atoms with E-state index in [1.54, 1.807) is 44.6 Å². The predicted octanol–water partition coefficient (Wildman–Crippen LogP) is 4.01. The molecule has 0 bridgehead atoms. The van der Waals surface area contributed by atoms with E-state index in [1.807, 2.05) is 23.6 Å². The first-order valence-electron chi connectivity index (χ1n) is 10.3. The molecule has 166 valence electrons. The molecule has 4 rings (SSSR count). The smallest absolute Gasteiger partial charge is 0.265 e. The van der Waals surface area contributed by atoms with Crippen molar-refractivity contribution < 1.29 is 19.1 Å². The summed E-state index contributed by atoms with van der Waals surface area (Å²) in [5, 5.41) is 7.64. The van der Waals surface area contributed by atoms with Crippen LogP contribution in [0.3, 0.4) is 0 Å². The van der Waals surface area contributed by atoms with Crippen molar-refractivity contribution in [1.29, 1.82) is 0 Å². The Kier molecular flexibility index (Phi) is 6.72. The summed E-state index contributed by atoms with van der Waals surface area (Å²) in [6, 6.07) is 14.7. The average molecular weight is 452 g/mol. The summed E-state index contributed by atoms with van der Waals surface area (Å²) in [5.74, 6) is 1.21. The molecule has 8 heteroatoms. The molecule has 32 heavy (non-hydrogen) atoms. The minimum Gasteiger partial charge on any atom is -0.493 e. The van der Waals surface area contributed by atoms with Crippen molar-refractivity contribution >= 4 is 34.5 Å². The predicted molar refractivity (Wildman–Crippen MR) is 126 cm³/mol. The fourth-order valence-electron chi connectivity index (χ4n) is 3.72. The lowest BCUT2D eigenvalue weighted by molar-refractivity contribution is -0.117. The van der Waals surface area contributed by atoms with Crippen LogP contribution in [0.1, 0.15) is 20.8 Å². The van der Waals surface area contributed by atoms with Gasteiger partial charge in [-0.15, -0.1) is 11.3 Å². The van der Waals surface area contributed by atoms with Crippen molar-refractivity contribution in [3.8, 4) is 11.5 Å². The highest BCUT2D eigenvalue weighted by Gasteiger charge is 2.21. The summed E-state index contributed by atoms with van der Waals surface area (Å²) in [5.41, 5.74) is 3.73. The number of nitrogens with zero attached hydrogens (tertiary/aromatic N) is 1. The molecule has 0 spiro atoms. The number of benzene rings is 2. The number of thiophene rings is 1. The second-order valence-electron chi connectivity index (χ2n) is 7.49. The summed E-state index contributed by atoms with van der Waals surface area (Å²) < 4.78 is 10.8. The number of ether oxygens (including phenoxy) is 2. The molecule has 0 aliphatic carbocycles. The zero-order valence-electron chi connectivity index (χ0n) is 18.0. The Hall–Kier alpha value is -3.36. The fourth-order valence-corrected chi connectivity index (χ4v) is 4.34. The molecule has 1 aliphatic rings. The summed E-state index contributed by atoms with van der Waals surface area (Å²) in [7, 11) is 3.26. The van der Waals surface area contributed by atoms with Crippen LogP contribution in [0.2, 0.25) is 0 Å². The molecule has 0 saturated carbocycles. The molecule has 0 atom stereocenters. The number of fused-ring (bicyclic) bond motifs is 1. The van der Waals surface area contributed by atoms with Crippen LogP contribution >= 0.6 is 11.3 Å². The van der Waals surface area contributed by atoms with Gasteiger partial charge in [-0.3, -0.25) is 14.5 Å². The molecular weight excluding hydrogens is 426 g/mol. The van der Waals surface area contributed by atoms with Crippen LogP contribution < -0.4 is 20.1 Å². The van der Waals surface area contributed by atoms with Gasteiger partial charge in [0.1, 0.15) is 0 Å². The standard InChI is InChI=1S/C24H25N3O4S/c1-30-20-12-16-9-10-27(14-17(16)13-21(20)31-2)15-23(28)25-18-5-7-19(8-6-18)26-24(29)22-4-3-11-32-22/h3-8,11-13H,9-10,14-15H2,1-2H3,(H,25,28)(H,26,29). The van der Waals surface area contributed by atoms with Gasteiger partial charge in [0.05, 0.1) is 25.6 Å². The molecule has 2 heterocycles. The second-order valence-corrected chi connectivity index (χ2v) is 8.44. The van der Waals surface area contributed by atoms with Crippen molar-refractivity contribution in [2.75, 3.05) is 37.9 Å². The molecule has 2 aromatic carbocycles. The Morgan fingerprint density at radius 1 is 0.969 bits per heavy atom. The maximum absolute atomic E-state index is 12.6. The molecular formula is C24H25N3O4S. The van der Waals surface area contributed by atoms with Gasteiger partial charge in [0.25, 0.3) is 5.91 Å². The molecule has 1 aromatic heterocycles. The van der Waals surface area contributed by atoms with E-state index in [1.165, 1.54) is 16.9 Å². The quantitative estimate of drug-likeness (QED) is 0.567. The Bertz CT molecular complexity index is 1100. The molecule has 2 amide bonds. The number of amides is 2. The van der Waals surface area contributed by atoms with Crippen molar-refractivity contribution in [3.05, 3.63) is 69.9 Å². The number of carbonyl (C=O) groups excluding carboxylic acids is 2. The van der Waals surface area contributed by atoms with Gasteiger partial charge in [-0.2, -0.15) is 0 Å². The van der Waals surface area contributed by atoms with Gasteiger partial charge in [0.15, 0.2) is 11.5 Å². The Morgan fingerprint density at radius 3 is 2.25 bits per heavy atom. The van der Waals surface area contributed by atoms with E-state index in [0.29, 0.717) is 35.1 Å². The van der Waals surface area contributed by atoms with Gasteiger partial charge in [0.2, 0.25) is 5.91 Å². The van der Waals surface area contributed by atoms with Crippen LogP contribution in [0.15, 0.2) is 53.9 Å². The molecule has 1 aliphatic heterocycles. The van der Waals surface area contributed by atoms with Crippen LogP contribution in [0.5, 0.6) is 11.5 Å². The van der Waals surface area contributed by atoms with Crippen molar-refractivity contribution in [1.82, 2.24) is 4.90 Å². The minimum absolute atomic E-state index is 0.0794. The molecule has 2 N–H and O–H groups in total. The molecule has 0 saturated heterocycles. The lowest BCUT2D eigenvalue weighted by atomic mass is 9.99. The van der Waals surface area contributed by atoms with E-state index in [-0.39, 0.29) is 11.8 Å². The van der Waals surface area contributed by atoms with E-state index < -0.39 is 0 Å². The van der Waals surface area contributed by atoms with Gasteiger partial charge in [0, 0.05) is 24.5 Å². The number of anilines is 2. The van der Waals surface area contributed by atoms with Crippen molar-refractivity contribution in [2.45, 2.75) is 13.0 Å². The lowest BCUT2D eigenvalue weighted by Crippen LogP contribution is -2.37. The molecule has 7 nitrogen and oxygen atoms in total.